The Morgan fingerprint density at radius 3 is 2.44 bits per heavy atom. The zero-order valence-electron chi connectivity index (χ0n) is 13.9. The molecule has 0 aliphatic carbocycles. The van der Waals surface area contributed by atoms with Crippen molar-refractivity contribution in [2.24, 2.45) is 0 Å². The number of carbonyl (C=O) groups is 2. The molecule has 0 spiro atoms. The molecule has 2 aromatic carbocycles. The highest BCUT2D eigenvalue weighted by Crippen LogP contribution is 2.30. The Hall–Kier alpha value is -1.69. The second-order valence-corrected chi connectivity index (χ2v) is 7.25. The monoisotopic (exact) mass is 396 g/mol. The second-order valence-electron chi connectivity index (χ2n) is 5.39. The molecule has 0 saturated heterocycles. The number of nitrogens with zero attached hydrogens (tertiary/aromatic N) is 1. The quantitative estimate of drug-likeness (QED) is 0.747. The first-order valence-corrected chi connectivity index (χ1v) is 9.27. The Labute approximate surface area is 161 Å². The Bertz CT molecular complexity index is 766. The first-order chi connectivity index (χ1) is 11.9. The standard InChI is InChI=1S/C18H18Cl2N2O2S/c1-21-18(24)13-5-3-12(4-6-13)10-22(2)17(23)11-25-16-9-14(19)7-8-15(16)20/h3-9H,10-11H2,1-2H3,(H,21,24). The summed E-state index contributed by atoms with van der Waals surface area (Å²) in [4.78, 5) is 26.3. The summed E-state index contributed by atoms with van der Waals surface area (Å²) in [6.07, 6.45) is 0. The predicted octanol–water partition coefficient (Wildman–Crippen LogP) is 4.10. The van der Waals surface area contributed by atoms with Gasteiger partial charge in [-0.05, 0) is 35.9 Å². The number of amides is 2. The van der Waals surface area contributed by atoms with Gasteiger partial charge < -0.3 is 10.2 Å². The van der Waals surface area contributed by atoms with Crippen molar-refractivity contribution in [3.05, 3.63) is 63.6 Å². The smallest absolute Gasteiger partial charge is 0.251 e. The van der Waals surface area contributed by atoms with E-state index in [0.717, 1.165) is 10.5 Å². The number of benzene rings is 2. The summed E-state index contributed by atoms with van der Waals surface area (Å²) < 4.78 is 0. The molecule has 2 amide bonds. The number of hydrogen-bond donors (Lipinski definition) is 1. The van der Waals surface area contributed by atoms with Crippen LogP contribution in [0.4, 0.5) is 0 Å². The van der Waals surface area contributed by atoms with Crippen molar-refractivity contribution in [3.8, 4) is 0 Å². The van der Waals surface area contributed by atoms with Crippen LogP contribution in [0.15, 0.2) is 47.4 Å². The normalized spacial score (nSPS) is 10.4. The van der Waals surface area contributed by atoms with Gasteiger partial charge in [0.1, 0.15) is 0 Å². The van der Waals surface area contributed by atoms with Crippen LogP contribution < -0.4 is 5.32 Å². The Morgan fingerprint density at radius 1 is 1.12 bits per heavy atom. The fraction of sp³-hybridized carbons (Fsp3) is 0.222. The number of thioether (sulfide) groups is 1. The van der Waals surface area contributed by atoms with Gasteiger partial charge in [0, 0.05) is 36.1 Å². The van der Waals surface area contributed by atoms with Crippen molar-refractivity contribution in [1.82, 2.24) is 10.2 Å². The van der Waals surface area contributed by atoms with Crippen LogP contribution in [0, 0.1) is 0 Å². The molecule has 2 rings (SSSR count). The zero-order chi connectivity index (χ0) is 18.4. The molecule has 0 heterocycles. The molecule has 1 N–H and O–H groups in total. The van der Waals surface area contributed by atoms with Gasteiger partial charge in [0.05, 0.1) is 10.8 Å². The summed E-state index contributed by atoms with van der Waals surface area (Å²) in [7, 11) is 3.33. The number of nitrogens with one attached hydrogen (secondary N) is 1. The summed E-state index contributed by atoms with van der Waals surface area (Å²) in [5, 5.41) is 3.74. The minimum Gasteiger partial charge on any atom is -0.355 e. The molecule has 0 bridgehead atoms. The van der Waals surface area contributed by atoms with E-state index < -0.39 is 0 Å². The molecule has 0 saturated carbocycles. The average molecular weight is 397 g/mol. The third-order valence-electron chi connectivity index (χ3n) is 3.53. The lowest BCUT2D eigenvalue weighted by atomic mass is 10.1. The third-order valence-corrected chi connectivity index (χ3v) is 5.25. The van der Waals surface area contributed by atoms with E-state index in [1.54, 1.807) is 49.3 Å². The van der Waals surface area contributed by atoms with E-state index in [9.17, 15) is 9.59 Å². The molecule has 0 unspecified atom stereocenters. The van der Waals surface area contributed by atoms with Crippen molar-refractivity contribution < 1.29 is 9.59 Å². The molecule has 4 nitrogen and oxygen atoms in total. The maximum atomic E-state index is 12.3. The lowest BCUT2D eigenvalue weighted by molar-refractivity contribution is -0.127. The molecule has 0 radical (unpaired) electrons. The molecule has 0 aliphatic rings. The van der Waals surface area contributed by atoms with E-state index >= 15 is 0 Å². The average Bonchev–Trinajstić information content (AvgIpc) is 2.62. The van der Waals surface area contributed by atoms with E-state index in [1.807, 2.05) is 12.1 Å². The Morgan fingerprint density at radius 2 is 1.80 bits per heavy atom. The SMILES string of the molecule is CNC(=O)c1ccc(CN(C)C(=O)CSc2cc(Cl)ccc2Cl)cc1. The van der Waals surface area contributed by atoms with E-state index in [2.05, 4.69) is 5.32 Å². The summed E-state index contributed by atoms with van der Waals surface area (Å²) in [6.45, 7) is 0.469. The molecule has 2 aromatic rings. The maximum absolute atomic E-state index is 12.3. The Balaban J connectivity index is 1.91. The fourth-order valence-electron chi connectivity index (χ4n) is 2.11. The van der Waals surface area contributed by atoms with Gasteiger partial charge in [-0.3, -0.25) is 9.59 Å². The van der Waals surface area contributed by atoms with Crippen LogP contribution in [-0.4, -0.2) is 36.6 Å². The summed E-state index contributed by atoms with van der Waals surface area (Å²) in [6, 6.07) is 12.3. The maximum Gasteiger partial charge on any atom is 0.251 e. The van der Waals surface area contributed by atoms with Crippen molar-refractivity contribution in [3.63, 3.8) is 0 Å². The van der Waals surface area contributed by atoms with Gasteiger partial charge in [0.15, 0.2) is 0 Å². The number of halogens is 2. The van der Waals surface area contributed by atoms with Gasteiger partial charge in [-0.2, -0.15) is 0 Å². The van der Waals surface area contributed by atoms with Gasteiger partial charge in [0.2, 0.25) is 5.91 Å². The summed E-state index contributed by atoms with van der Waals surface area (Å²) >= 11 is 13.4. The molecule has 25 heavy (non-hydrogen) atoms. The first-order valence-electron chi connectivity index (χ1n) is 7.53. The third kappa shape index (κ3) is 5.66. The van der Waals surface area contributed by atoms with Gasteiger partial charge >= 0.3 is 0 Å². The molecule has 132 valence electrons. The van der Waals surface area contributed by atoms with Crippen molar-refractivity contribution in [1.29, 1.82) is 0 Å². The summed E-state index contributed by atoms with van der Waals surface area (Å²) in [5.74, 6) is 0.120. The van der Waals surface area contributed by atoms with Gasteiger partial charge in [0.25, 0.3) is 5.91 Å². The van der Waals surface area contributed by atoms with Crippen LogP contribution in [-0.2, 0) is 11.3 Å². The molecule has 0 fully saturated rings. The molecular weight excluding hydrogens is 379 g/mol. The largest absolute Gasteiger partial charge is 0.355 e. The fourth-order valence-corrected chi connectivity index (χ4v) is 3.54. The second kappa shape index (κ2) is 9.13. The molecule has 7 heteroatoms. The minimum atomic E-state index is -0.134. The highest BCUT2D eigenvalue weighted by atomic mass is 35.5. The van der Waals surface area contributed by atoms with E-state index in [1.165, 1.54) is 11.8 Å². The summed E-state index contributed by atoms with van der Waals surface area (Å²) in [5.41, 5.74) is 1.54. The molecular formula is C18H18Cl2N2O2S. The van der Waals surface area contributed by atoms with Crippen LogP contribution in [0.5, 0.6) is 0 Å². The highest BCUT2D eigenvalue weighted by molar-refractivity contribution is 8.00. The lowest BCUT2D eigenvalue weighted by Gasteiger charge is -2.17. The number of hydrogen-bond acceptors (Lipinski definition) is 3. The van der Waals surface area contributed by atoms with E-state index in [0.29, 0.717) is 22.2 Å². The zero-order valence-corrected chi connectivity index (χ0v) is 16.2. The molecule has 0 aliphatic heterocycles. The van der Waals surface area contributed by atoms with E-state index in [-0.39, 0.29) is 17.6 Å². The van der Waals surface area contributed by atoms with Crippen LogP contribution in [0.1, 0.15) is 15.9 Å². The van der Waals surface area contributed by atoms with Crippen LogP contribution in [0.25, 0.3) is 0 Å². The Kier molecular flexibility index (Phi) is 7.17. The van der Waals surface area contributed by atoms with Gasteiger partial charge in [-0.15, -0.1) is 11.8 Å². The van der Waals surface area contributed by atoms with Crippen LogP contribution >= 0.6 is 35.0 Å². The van der Waals surface area contributed by atoms with Gasteiger partial charge in [-0.1, -0.05) is 35.3 Å². The first kappa shape index (κ1) is 19.6. The number of carbonyl (C=O) groups excluding carboxylic acids is 2. The topological polar surface area (TPSA) is 49.4 Å². The van der Waals surface area contributed by atoms with E-state index in [4.69, 9.17) is 23.2 Å². The molecule has 0 atom stereocenters. The number of rotatable bonds is 6. The van der Waals surface area contributed by atoms with Crippen LogP contribution in [0.2, 0.25) is 10.0 Å². The van der Waals surface area contributed by atoms with Gasteiger partial charge in [-0.25, -0.2) is 0 Å². The predicted molar refractivity (Wildman–Crippen MR) is 103 cm³/mol. The van der Waals surface area contributed by atoms with Crippen molar-refractivity contribution in [2.45, 2.75) is 11.4 Å². The molecule has 0 aromatic heterocycles. The van der Waals surface area contributed by atoms with Crippen molar-refractivity contribution >= 4 is 46.8 Å². The van der Waals surface area contributed by atoms with Crippen molar-refractivity contribution in [2.75, 3.05) is 19.8 Å². The highest BCUT2D eigenvalue weighted by Gasteiger charge is 2.12. The van der Waals surface area contributed by atoms with Crippen LogP contribution in [0.3, 0.4) is 0 Å². The lowest BCUT2D eigenvalue weighted by Crippen LogP contribution is -2.27. The minimum absolute atomic E-state index is 0.0172.